The van der Waals surface area contributed by atoms with Crippen molar-refractivity contribution in [1.82, 2.24) is 24.8 Å². The summed E-state index contributed by atoms with van der Waals surface area (Å²) in [6.45, 7) is 10.4. The Balaban J connectivity index is 0.000000349. The van der Waals surface area contributed by atoms with Crippen molar-refractivity contribution in [2.75, 3.05) is 26.2 Å². The van der Waals surface area contributed by atoms with Gasteiger partial charge in [0.2, 0.25) is 0 Å². The number of nitrogens with zero attached hydrogens (tertiary/aromatic N) is 4. The normalized spacial score (nSPS) is 14.3. The fourth-order valence-corrected chi connectivity index (χ4v) is 3.60. The van der Waals surface area contributed by atoms with Gasteiger partial charge in [-0.3, -0.25) is 14.8 Å². The van der Waals surface area contributed by atoms with Crippen LogP contribution in [0.15, 0.2) is 48.7 Å². The van der Waals surface area contributed by atoms with Crippen LogP contribution in [0.5, 0.6) is 0 Å². The average molecular weight is 590 g/mol. The summed E-state index contributed by atoms with van der Waals surface area (Å²) in [5.74, 6) is -4.55. The molecule has 3 N–H and O–H groups in total. The van der Waals surface area contributed by atoms with Crippen LogP contribution in [-0.2, 0) is 22.7 Å². The lowest BCUT2D eigenvalue weighted by Crippen LogP contribution is -2.45. The van der Waals surface area contributed by atoms with Crippen molar-refractivity contribution in [2.45, 2.75) is 39.3 Å². The van der Waals surface area contributed by atoms with E-state index in [0.29, 0.717) is 0 Å². The number of aliphatic carboxylic acids is 2. The zero-order chi connectivity index (χ0) is 30.8. The Labute approximate surface area is 231 Å². The van der Waals surface area contributed by atoms with E-state index in [1.165, 1.54) is 17.0 Å². The second-order valence-electron chi connectivity index (χ2n) is 8.95. The monoisotopic (exact) mass is 589 g/mol. The summed E-state index contributed by atoms with van der Waals surface area (Å²) in [6.07, 6.45) is -8.27. The van der Waals surface area contributed by atoms with Crippen LogP contribution in [0.2, 0.25) is 0 Å². The molecule has 1 aliphatic heterocycles. The molecule has 0 unspecified atom stereocenters. The van der Waals surface area contributed by atoms with E-state index >= 15 is 0 Å². The first-order valence-electron chi connectivity index (χ1n) is 12.1. The summed E-state index contributed by atoms with van der Waals surface area (Å²) in [5, 5.41) is 14.2. The highest BCUT2D eigenvalue weighted by Gasteiger charge is 2.38. The number of carboxylic acids is 2. The van der Waals surface area contributed by atoms with Crippen molar-refractivity contribution >= 4 is 11.9 Å². The number of H-pyrrole nitrogens is 1. The van der Waals surface area contributed by atoms with Crippen molar-refractivity contribution in [1.29, 1.82) is 0 Å². The Bertz CT molecular complexity index is 1250. The highest BCUT2D eigenvalue weighted by atomic mass is 19.4. The van der Waals surface area contributed by atoms with Crippen molar-refractivity contribution in [3.63, 3.8) is 0 Å². The lowest BCUT2D eigenvalue weighted by molar-refractivity contribution is -0.193. The molecule has 0 amide bonds. The van der Waals surface area contributed by atoms with Gasteiger partial charge in [0.05, 0.1) is 11.4 Å². The highest BCUT2D eigenvalue weighted by Crippen LogP contribution is 2.20. The summed E-state index contributed by atoms with van der Waals surface area (Å²) in [7, 11) is 0. The molecule has 0 saturated carbocycles. The van der Waals surface area contributed by atoms with Crippen molar-refractivity contribution < 1.29 is 46.1 Å². The number of carboxylic acid groups (broad SMARTS) is 2. The molecular formula is C26H29F6N5O4. The zero-order valence-corrected chi connectivity index (χ0v) is 22.1. The van der Waals surface area contributed by atoms with Gasteiger partial charge in [0.25, 0.3) is 0 Å². The number of aromatic nitrogens is 3. The van der Waals surface area contributed by atoms with E-state index in [0.717, 1.165) is 56.4 Å². The summed E-state index contributed by atoms with van der Waals surface area (Å²) in [6, 6.07) is 14.5. The van der Waals surface area contributed by atoms with Crippen LogP contribution in [-0.4, -0.2) is 85.4 Å². The topological polar surface area (TPSA) is 123 Å². The predicted molar refractivity (Wildman–Crippen MR) is 136 cm³/mol. The largest absolute Gasteiger partial charge is 0.490 e. The van der Waals surface area contributed by atoms with Gasteiger partial charge in [0.15, 0.2) is 0 Å². The Morgan fingerprint density at radius 1 is 0.805 bits per heavy atom. The van der Waals surface area contributed by atoms with Crippen LogP contribution < -0.4 is 0 Å². The van der Waals surface area contributed by atoms with Gasteiger partial charge in [-0.15, -0.1) is 0 Å². The van der Waals surface area contributed by atoms with E-state index in [2.05, 4.69) is 63.9 Å². The van der Waals surface area contributed by atoms with E-state index < -0.39 is 24.3 Å². The van der Waals surface area contributed by atoms with Gasteiger partial charge in [0.1, 0.15) is 5.82 Å². The zero-order valence-electron chi connectivity index (χ0n) is 22.1. The molecule has 1 fully saturated rings. The number of pyridine rings is 1. The number of alkyl halides is 6. The van der Waals surface area contributed by atoms with Crippen molar-refractivity contribution in [2.24, 2.45) is 0 Å². The Morgan fingerprint density at radius 3 is 1.71 bits per heavy atom. The Hall–Kier alpha value is -3.98. The Kier molecular flexibility index (Phi) is 11.8. The molecule has 9 nitrogen and oxygen atoms in total. The molecule has 224 valence electrons. The quantitative estimate of drug-likeness (QED) is 0.367. The number of nitrogens with one attached hydrogen (secondary N) is 1. The lowest BCUT2D eigenvalue weighted by Gasteiger charge is -2.34. The minimum atomic E-state index is -5.08. The van der Waals surface area contributed by atoms with Crippen molar-refractivity contribution in [3.8, 4) is 11.4 Å². The van der Waals surface area contributed by atoms with Gasteiger partial charge in [-0.05, 0) is 25.5 Å². The maximum absolute atomic E-state index is 10.6. The minimum Gasteiger partial charge on any atom is -0.475 e. The number of hydrogen-bond acceptors (Lipinski definition) is 6. The van der Waals surface area contributed by atoms with Crippen LogP contribution in [0.4, 0.5) is 26.3 Å². The van der Waals surface area contributed by atoms with Gasteiger partial charge in [-0.2, -0.15) is 26.3 Å². The molecule has 1 saturated heterocycles. The third kappa shape index (κ3) is 11.2. The number of carbonyl (C=O) groups is 2. The third-order valence-corrected chi connectivity index (χ3v) is 5.85. The summed E-state index contributed by atoms with van der Waals surface area (Å²) in [5.41, 5.74) is 5.94. The van der Waals surface area contributed by atoms with Gasteiger partial charge in [-0.25, -0.2) is 14.6 Å². The molecule has 3 heterocycles. The molecule has 0 radical (unpaired) electrons. The molecule has 0 aliphatic carbocycles. The van der Waals surface area contributed by atoms with Crippen LogP contribution in [0.1, 0.15) is 22.6 Å². The van der Waals surface area contributed by atoms with Crippen molar-refractivity contribution in [3.05, 3.63) is 71.3 Å². The number of rotatable bonds is 5. The van der Waals surface area contributed by atoms with E-state index in [-0.39, 0.29) is 0 Å². The number of piperazine rings is 1. The average Bonchev–Trinajstić information content (AvgIpc) is 3.26. The Morgan fingerprint density at radius 2 is 1.27 bits per heavy atom. The molecule has 1 aromatic carbocycles. The highest BCUT2D eigenvalue weighted by molar-refractivity contribution is 5.73. The first-order valence-corrected chi connectivity index (χ1v) is 12.1. The first kappa shape index (κ1) is 33.2. The number of aromatic amines is 1. The second-order valence-corrected chi connectivity index (χ2v) is 8.95. The van der Waals surface area contributed by atoms with Gasteiger partial charge in [-0.1, -0.05) is 36.4 Å². The maximum Gasteiger partial charge on any atom is 0.490 e. The van der Waals surface area contributed by atoms with Gasteiger partial charge in [0, 0.05) is 56.7 Å². The molecule has 0 spiro atoms. The number of benzene rings is 1. The standard InChI is InChI=1S/C22H27N5.2C2HF3O2/c1-17-7-6-10-23-20(17)15-26-11-13-27(14-12-26)16-21-18(2)24-22(25-21)19-8-4-3-5-9-19;2*3-2(4,5)1(6)7/h3-10H,11-16H2,1-2H3,(H,24,25);2*(H,6,7). The summed E-state index contributed by atoms with van der Waals surface area (Å²) in [4.78, 5) is 35.6. The molecule has 2 aromatic heterocycles. The number of halogens is 6. The molecule has 0 atom stereocenters. The second kappa shape index (κ2) is 14.6. The molecule has 3 aromatic rings. The first-order chi connectivity index (χ1) is 19.1. The maximum atomic E-state index is 10.6. The van der Waals surface area contributed by atoms with Crippen LogP contribution >= 0.6 is 0 Å². The van der Waals surface area contributed by atoms with E-state index in [1.54, 1.807) is 0 Å². The van der Waals surface area contributed by atoms with E-state index in [4.69, 9.17) is 24.8 Å². The molecule has 1 aliphatic rings. The molecular weight excluding hydrogens is 560 g/mol. The van der Waals surface area contributed by atoms with Gasteiger partial charge >= 0.3 is 24.3 Å². The van der Waals surface area contributed by atoms with Crippen LogP contribution in [0, 0.1) is 13.8 Å². The molecule has 0 bridgehead atoms. The fourth-order valence-electron chi connectivity index (χ4n) is 3.60. The summed E-state index contributed by atoms with van der Waals surface area (Å²) >= 11 is 0. The fraction of sp³-hybridized carbons (Fsp3) is 0.385. The smallest absolute Gasteiger partial charge is 0.475 e. The lowest BCUT2D eigenvalue weighted by atomic mass is 10.2. The third-order valence-electron chi connectivity index (χ3n) is 5.85. The van der Waals surface area contributed by atoms with Gasteiger partial charge < -0.3 is 15.2 Å². The SMILES string of the molecule is Cc1cccnc1CN1CCN(Cc2nc(-c3ccccc3)[nH]c2C)CC1.O=C(O)C(F)(F)F.O=C(O)C(F)(F)F. The van der Waals surface area contributed by atoms with Crippen LogP contribution in [0.3, 0.4) is 0 Å². The predicted octanol–water partition coefficient (Wildman–Crippen LogP) is 4.67. The number of hydrogen-bond donors (Lipinski definition) is 3. The van der Waals surface area contributed by atoms with Crippen LogP contribution in [0.25, 0.3) is 11.4 Å². The van der Waals surface area contributed by atoms with E-state index in [9.17, 15) is 26.3 Å². The minimum absolute atomic E-state index is 0.908. The number of aryl methyl sites for hydroxylation is 2. The number of imidazole rings is 1. The van der Waals surface area contributed by atoms with E-state index in [1.807, 2.05) is 18.3 Å². The molecule has 15 heteroatoms. The molecule has 41 heavy (non-hydrogen) atoms. The summed E-state index contributed by atoms with van der Waals surface area (Å²) < 4.78 is 63.5. The molecule has 4 rings (SSSR count).